The highest BCUT2D eigenvalue weighted by molar-refractivity contribution is 7.92. The zero-order valence-corrected chi connectivity index (χ0v) is 16.5. The maximum atomic E-state index is 12.3. The molecule has 2 aromatic carbocycles. The van der Waals surface area contributed by atoms with Gasteiger partial charge in [0.2, 0.25) is 15.9 Å². The Hall–Kier alpha value is -1.47. The summed E-state index contributed by atoms with van der Waals surface area (Å²) in [5, 5.41) is 3.65. The lowest BCUT2D eigenvalue weighted by Gasteiger charge is -2.22. The van der Waals surface area contributed by atoms with E-state index in [9.17, 15) is 13.2 Å². The maximum Gasteiger partial charge on any atom is 0.245 e. The van der Waals surface area contributed by atoms with Gasteiger partial charge in [-0.2, -0.15) is 0 Å². The van der Waals surface area contributed by atoms with Crippen LogP contribution in [0.4, 0.5) is 11.4 Å². The van der Waals surface area contributed by atoms with Gasteiger partial charge in [0.25, 0.3) is 0 Å². The molecule has 1 amide bonds. The molecule has 1 N–H and O–H groups in total. The average molecular weight is 422 g/mol. The molecule has 9 heteroatoms. The molecule has 0 unspecified atom stereocenters. The minimum atomic E-state index is -3.72. The highest BCUT2D eigenvalue weighted by Crippen LogP contribution is 2.27. The number of benzene rings is 2. The molecular formula is C16H15Cl3N2O3S. The van der Waals surface area contributed by atoms with E-state index in [-0.39, 0.29) is 15.7 Å². The van der Waals surface area contributed by atoms with Crippen molar-refractivity contribution in [2.45, 2.75) is 6.92 Å². The second kappa shape index (κ2) is 7.83. The maximum absolute atomic E-state index is 12.3. The largest absolute Gasteiger partial charge is 0.324 e. The number of sulfonamides is 1. The number of rotatable bonds is 5. The summed E-state index contributed by atoms with van der Waals surface area (Å²) in [6.45, 7) is 1.41. The first-order chi connectivity index (χ1) is 11.6. The molecule has 5 nitrogen and oxygen atoms in total. The summed E-state index contributed by atoms with van der Waals surface area (Å²) in [5.41, 5.74) is 1.54. The van der Waals surface area contributed by atoms with E-state index in [4.69, 9.17) is 34.8 Å². The first kappa shape index (κ1) is 19.8. The molecule has 0 atom stereocenters. The van der Waals surface area contributed by atoms with E-state index in [1.165, 1.54) is 18.2 Å². The molecule has 134 valence electrons. The summed E-state index contributed by atoms with van der Waals surface area (Å²) in [4.78, 5) is 12.3. The van der Waals surface area contributed by atoms with Gasteiger partial charge in [-0.1, -0.05) is 40.9 Å². The number of nitrogens with zero attached hydrogens (tertiary/aromatic N) is 1. The van der Waals surface area contributed by atoms with Crippen molar-refractivity contribution in [3.05, 3.63) is 57.0 Å². The van der Waals surface area contributed by atoms with Crippen molar-refractivity contribution in [3.8, 4) is 0 Å². The third kappa shape index (κ3) is 5.51. The second-order valence-corrected chi connectivity index (χ2v) is 8.60. The molecule has 0 aromatic heterocycles. The number of hydrogen-bond donors (Lipinski definition) is 1. The molecule has 25 heavy (non-hydrogen) atoms. The number of nitrogens with one attached hydrogen (secondary N) is 1. The van der Waals surface area contributed by atoms with Crippen molar-refractivity contribution in [1.82, 2.24) is 0 Å². The number of aryl methyl sites for hydroxylation is 1. The van der Waals surface area contributed by atoms with Gasteiger partial charge in [0.05, 0.1) is 11.9 Å². The van der Waals surface area contributed by atoms with Gasteiger partial charge in [-0.05, 0) is 42.8 Å². The average Bonchev–Trinajstić information content (AvgIpc) is 2.46. The molecule has 2 aromatic rings. The third-order valence-corrected chi connectivity index (χ3v) is 5.26. The molecule has 2 rings (SSSR count). The summed E-state index contributed by atoms with van der Waals surface area (Å²) < 4.78 is 25.1. The summed E-state index contributed by atoms with van der Waals surface area (Å²) in [5.74, 6) is -0.526. The zero-order valence-electron chi connectivity index (χ0n) is 13.4. The van der Waals surface area contributed by atoms with Crippen LogP contribution in [0.5, 0.6) is 0 Å². The van der Waals surface area contributed by atoms with E-state index < -0.39 is 22.5 Å². The Morgan fingerprint density at radius 2 is 1.68 bits per heavy atom. The fraction of sp³-hybridized carbons (Fsp3) is 0.188. The Bertz CT molecular complexity index is 897. The fourth-order valence-electron chi connectivity index (χ4n) is 2.08. The van der Waals surface area contributed by atoms with Crippen molar-refractivity contribution in [2.75, 3.05) is 22.4 Å². The van der Waals surface area contributed by atoms with Crippen molar-refractivity contribution in [3.63, 3.8) is 0 Å². The van der Waals surface area contributed by atoms with Crippen LogP contribution >= 0.6 is 34.8 Å². The first-order valence-electron chi connectivity index (χ1n) is 7.06. The van der Waals surface area contributed by atoms with E-state index in [0.717, 1.165) is 16.1 Å². The van der Waals surface area contributed by atoms with Crippen LogP contribution in [0.3, 0.4) is 0 Å². The standard InChI is InChI=1S/C16H15Cl3N2O3S/c1-10-3-4-13(8-15(10)19)20-16(22)9-21(25(2,23)24)14-6-11(17)5-12(18)7-14/h3-8H,9H2,1-2H3,(H,20,22). The minimum Gasteiger partial charge on any atom is -0.324 e. The Labute approximate surface area is 161 Å². The molecule has 0 aliphatic heterocycles. The van der Waals surface area contributed by atoms with Crippen LogP contribution in [-0.2, 0) is 14.8 Å². The van der Waals surface area contributed by atoms with Crippen molar-refractivity contribution >= 4 is 62.1 Å². The van der Waals surface area contributed by atoms with Crippen molar-refractivity contribution < 1.29 is 13.2 Å². The lowest BCUT2D eigenvalue weighted by atomic mass is 10.2. The number of halogens is 3. The van der Waals surface area contributed by atoms with Crippen LogP contribution in [0.15, 0.2) is 36.4 Å². The van der Waals surface area contributed by atoms with Gasteiger partial charge in [0.15, 0.2) is 0 Å². The lowest BCUT2D eigenvalue weighted by molar-refractivity contribution is -0.114. The summed E-state index contributed by atoms with van der Waals surface area (Å²) in [6.07, 6.45) is 0.998. The zero-order chi connectivity index (χ0) is 18.8. The SMILES string of the molecule is Cc1ccc(NC(=O)CN(c2cc(Cl)cc(Cl)c2)S(C)(=O)=O)cc1Cl. The fourth-order valence-corrected chi connectivity index (χ4v) is 3.62. The Balaban J connectivity index is 2.25. The number of anilines is 2. The van der Waals surface area contributed by atoms with E-state index in [2.05, 4.69) is 5.32 Å². The van der Waals surface area contributed by atoms with Crippen molar-refractivity contribution in [2.24, 2.45) is 0 Å². The number of amides is 1. The summed E-state index contributed by atoms with van der Waals surface area (Å²) in [7, 11) is -3.72. The predicted molar refractivity (Wildman–Crippen MR) is 103 cm³/mol. The molecule has 0 saturated heterocycles. The van der Waals surface area contributed by atoms with Crippen LogP contribution in [0.2, 0.25) is 15.1 Å². The predicted octanol–water partition coefficient (Wildman–Crippen LogP) is 4.36. The van der Waals surface area contributed by atoms with Crippen molar-refractivity contribution in [1.29, 1.82) is 0 Å². The molecule has 0 fully saturated rings. The van der Waals surface area contributed by atoms with Gasteiger partial charge in [0, 0.05) is 20.8 Å². The Morgan fingerprint density at radius 1 is 1.08 bits per heavy atom. The number of hydrogen-bond acceptors (Lipinski definition) is 3. The Morgan fingerprint density at radius 3 is 2.20 bits per heavy atom. The van der Waals surface area contributed by atoms with Gasteiger partial charge < -0.3 is 5.32 Å². The lowest BCUT2D eigenvalue weighted by Crippen LogP contribution is -2.37. The smallest absolute Gasteiger partial charge is 0.245 e. The molecule has 0 bridgehead atoms. The van der Waals surface area contributed by atoms with E-state index >= 15 is 0 Å². The molecule has 0 saturated carbocycles. The topological polar surface area (TPSA) is 66.5 Å². The third-order valence-electron chi connectivity index (χ3n) is 3.28. The second-order valence-electron chi connectivity index (χ2n) is 5.41. The molecule has 0 aliphatic carbocycles. The number of carbonyl (C=O) groups excluding carboxylic acids is 1. The van der Waals surface area contributed by atoms with Crippen LogP contribution in [0, 0.1) is 6.92 Å². The molecule has 0 heterocycles. The van der Waals surface area contributed by atoms with E-state index in [0.29, 0.717) is 10.7 Å². The van der Waals surface area contributed by atoms with Crippen LogP contribution < -0.4 is 9.62 Å². The normalized spacial score (nSPS) is 11.2. The monoisotopic (exact) mass is 420 g/mol. The van der Waals surface area contributed by atoms with Gasteiger partial charge in [-0.3, -0.25) is 9.10 Å². The first-order valence-corrected chi connectivity index (χ1v) is 10.0. The van der Waals surface area contributed by atoms with Gasteiger partial charge in [-0.15, -0.1) is 0 Å². The highest BCUT2D eigenvalue weighted by Gasteiger charge is 2.22. The van der Waals surface area contributed by atoms with Gasteiger partial charge in [0.1, 0.15) is 6.54 Å². The summed E-state index contributed by atoms with van der Waals surface area (Å²) >= 11 is 17.9. The highest BCUT2D eigenvalue weighted by atomic mass is 35.5. The van der Waals surface area contributed by atoms with Gasteiger partial charge >= 0.3 is 0 Å². The quantitative estimate of drug-likeness (QED) is 0.780. The number of carbonyl (C=O) groups is 1. The Kier molecular flexibility index (Phi) is 6.21. The van der Waals surface area contributed by atoms with E-state index in [1.54, 1.807) is 18.2 Å². The summed E-state index contributed by atoms with van der Waals surface area (Å²) in [6, 6.07) is 9.34. The molecule has 0 spiro atoms. The van der Waals surface area contributed by atoms with Crippen LogP contribution in [0.25, 0.3) is 0 Å². The van der Waals surface area contributed by atoms with Gasteiger partial charge in [-0.25, -0.2) is 8.42 Å². The van der Waals surface area contributed by atoms with E-state index in [1.807, 2.05) is 6.92 Å². The van der Waals surface area contributed by atoms with Crippen LogP contribution in [-0.4, -0.2) is 27.1 Å². The molecular weight excluding hydrogens is 407 g/mol. The minimum absolute atomic E-state index is 0.206. The van der Waals surface area contributed by atoms with Crippen LogP contribution in [0.1, 0.15) is 5.56 Å². The molecule has 0 aliphatic rings. The molecule has 0 radical (unpaired) electrons.